The average Bonchev–Trinajstić information content (AvgIpc) is 2.30. The van der Waals surface area contributed by atoms with Crippen LogP contribution in [0.5, 0.6) is 0 Å². The molecule has 0 saturated heterocycles. The van der Waals surface area contributed by atoms with Gasteiger partial charge in [0.1, 0.15) is 0 Å². The third-order valence-corrected chi connectivity index (χ3v) is 3.41. The lowest BCUT2D eigenvalue weighted by atomic mass is 10.1. The number of rotatable bonds is 3. The van der Waals surface area contributed by atoms with E-state index < -0.39 is 0 Å². The number of hydrogen-bond acceptors (Lipinski definition) is 1. The van der Waals surface area contributed by atoms with E-state index in [2.05, 4.69) is 71.1 Å². The lowest BCUT2D eigenvalue weighted by Crippen LogP contribution is -2.21. The van der Waals surface area contributed by atoms with Crippen LogP contribution in [0.3, 0.4) is 0 Å². The summed E-state index contributed by atoms with van der Waals surface area (Å²) in [5, 5.41) is 2.58. The summed E-state index contributed by atoms with van der Waals surface area (Å²) in [5.74, 6) is 0. The van der Waals surface area contributed by atoms with Crippen molar-refractivity contribution in [2.24, 2.45) is 0 Å². The summed E-state index contributed by atoms with van der Waals surface area (Å²) in [7, 11) is 0. The third-order valence-electron chi connectivity index (χ3n) is 2.91. The number of fused-ring (bicyclic) bond motifs is 1. The topological polar surface area (TPSA) is 3.24 Å². The van der Waals surface area contributed by atoms with Crippen molar-refractivity contribution in [3.05, 3.63) is 40.9 Å². The fraction of sp³-hybridized carbons (Fsp3) is 0.286. The lowest BCUT2D eigenvalue weighted by Gasteiger charge is -2.21. The first-order valence-corrected chi connectivity index (χ1v) is 6.48. The number of nitrogens with zero attached hydrogens (tertiary/aromatic N) is 1. The quantitative estimate of drug-likeness (QED) is 0.801. The van der Waals surface area contributed by atoms with Gasteiger partial charge in [-0.3, -0.25) is 0 Å². The molecule has 0 aliphatic carbocycles. The lowest BCUT2D eigenvalue weighted by molar-refractivity contribution is 0.867. The average molecular weight is 278 g/mol. The standard InChI is InChI=1S/C14H16BrN/c1-3-16(4-2)14-8-6-11-5-7-13(15)9-12(11)10-14/h5-10H,3-4H2,1-2H3. The predicted octanol–water partition coefficient (Wildman–Crippen LogP) is 4.45. The molecule has 0 aliphatic rings. The fourth-order valence-electron chi connectivity index (χ4n) is 1.99. The molecular formula is C14H16BrN. The predicted molar refractivity (Wildman–Crippen MR) is 75.2 cm³/mol. The Labute approximate surface area is 105 Å². The van der Waals surface area contributed by atoms with Gasteiger partial charge in [-0.15, -0.1) is 0 Å². The van der Waals surface area contributed by atoms with E-state index in [9.17, 15) is 0 Å². The van der Waals surface area contributed by atoms with E-state index >= 15 is 0 Å². The molecule has 0 amide bonds. The molecule has 2 aromatic rings. The molecule has 2 rings (SSSR count). The van der Waals surface area contributed by atoms with E-state index in [0.717, 1.165) is 17.6 Å². The van der Waals surface area contributed by atoms with Crippen molar-refractivity contribution >= 4 is 32.4 Å². The van der Waals surface area contributed by atoms with Crippen LogP contribution in [0.4, 0.5) is 5.69 Å². The first kappa shape index (κ1) is 11.5. The van der Waals surface area contributed by atoms with Crippen LogP contribution in [0, 0.1) is 0 Å². The minimum atomic E-state index is 1.05. The van der Waals surface area contributed by atoms with Gasteiger partial charge in [0.15, 0.2) is 0 Å². The SMILES string of the molecule is CCN(CC)c1ccc2ccc(Br)cc2c1. The largest absolute Gasteiger partial charge is 0.372 e. The van der Waals surface area contributed by atoms with Gasteiger partial charge in [0, 0.05) is 23.2 Å². The van der Waals surface area contributed by atoms with Crippen molar-refractivity contribution in [3.63, 3.8) is 0 Å². The highest BCUT2D eigenvalue weighted by atomic mass is 79.9. The van der Waals surface area contributed by atoms with Crippen LogP contribution >= 0.6 is 15.9 Å². The van der Waals surface area contributed by atoms with E-state index in [1.165, 1.54) is 16.5 Å². The summed E-state index contributed by atoms with van der Waals surface area (Å²) in [6, 6.07) is 13.0. The number of benzene rings is 2. The van der Waals surface area contributed by atoms with Gasteiger partial charge in [0.2, 0.25) is 0 Å². The van der Waals surface area contributed by atoms with Gasteiger partial charge < -0.3 is 4.90 Å². The van der Waals surface area contributed by atoms with Crippen LogP contribution < -0.4 is 4.90 Å². The van der Waals surface area contributed by atoms with Gasteiger partial charge in [-0.05, 0) is 48.9 Å². The summed E-state index contributed by atoms with van der Waals surface area (Å²) in [6.45, 7) is 6.48. The highest BCUT2D eigenvalue weighted by Crippen LogP contribution is 2.24. The number of halogens is 1. The Kier molecular flexibility index (Phi) is 3.49. The molecule has 0 N–H and O–H groups in total. The second kappa shape index (κ2) is 4.88. The molecule has 0 unspecified atom stereocenters. The maximum Gasteiger partial charge on any atom is 0.0372 e. The molecule has 16 heavy (non-hydrogen) atoms. The minimum absolute atomic E-state index is 1.05. The first-order chi connectivity index (χ1) is 7.74. The molecule has 0 radical (unpaired) electrons. The maximum atomic E-state index is 3.51. The van der Waals surface area contributed by atoms with Crippen LogP contribution in [0.1, 0.15) is 13.8 Å². The molecule has 1 nitrogen and oxygen atoms in total. The van der Waals surface area contributed by atoms with Gasteiger partial charge >= 0.3 is 0 Å². The van der Waals surface area contributed by atoms with Crippen LogP contribution in [0.2, 0.25) is 0 Å². The van der Waals surface area contributed by atoms with Crippen molar-refractivity contribution in [1.82, 2.24) is 0 Å². The molecular weight excluding hydrogens is 262 g/mol. The zero-order valence-corrected chi connectivity index (χ0v) is 11.3. The molecule has 84 valence electrons. The highest BCUT2D eigenvalue weighted by molar-refractivity contribution is 9.10. The third kappa shape index (κ3) is 2.22. The highest BCUT2D eigenvalue weighted by Gasteiger charge is 2.02. The van der Waals surface area contributed by atoms with Crippen LogP contribution in [0.25, 0.3) is 10.8 Å². The monoisotopic (exact) mass is 277 g/mol. The Morgan fingerprint density at radius 3 is 2.31 bits per heavy atom. The molecule has 2 aromatic carbocycles. The van der Waals surface area contributed by atoms with Gasteiger partial charge in [-0.25, -0.2) is 0 Å². The Hall–Kier alpha value is -1.02. The molecule has 0 saturated carbocycles. The van der Waals surface area contributed by atoms with E-state index in [-0.39, 0.29) is 0 Å². The zero-order valence-electron chi connectivity index (χ0n) is 9.70. The van der Waals surface area contributed by atoms with Gasteiger partial charge in [0.25, 0.3) is 0 Å². The molecule has 0 fully saturated rings. The number of anilines is 1. The second-order valence-corrected chi connectivity index (χ2v) is 4.76. The fourth-order valence-corrected chi connectivity index (χ4v) is 2.37. The summed E-state index contributed by atoms with van der Waals surface area (Å²) < 4.78 is 1.14. The van der Waals surface area contributed by atoms with Crippen molar-refractivity contribution in [2.45, 2.75) is 13.8 Å². The zero-order chi connectivity index (χ0) is 11.5. The van der Waals surface area contributed by atoms with Crippen LogP contribution in [0.15, 0.2) is 40.9 Å². The number of hydrogen-bond donors (Lipinski definition) is 0. The summed E-state index contributed by atoms with van der Waals surface area (Å²) >= 11 is 3.51. The summed E-state index contributed by atoms with van der Waals surface area (Å²) in [4.78, 5) is 2.36. The Balaban J connectivity index is 2.49. The summed E-state index contributed by atoms with van der Waals surface area (Å²) in [5.41, 5.74) is 1.30. The Morgan fingerprint density at radius 2 is 1.62 bits per heavy atom. The van der Waals surface area contributed by atoms with E-state index in [4.69, 9.17) is 0 Å². The van der Waals surface area contributed by atoms with Crippen molar-refractivity contribution in [1.29, 1.82) is 0 Å². The Bertz CT molecular complexity index is 489. The second-order valence-electron chi connectivity index (χ2n) is 3.85. The maximum absolute atomic E-state index is 3.51. The molecule has 0 spiro atoms. The van der Waals surface area contributed by atoms with E-state index in [0.29, 0.717) is 0 Å². The minimum Gasteiger partial charge on any atom is -0.372 e. The van der Waals surface area contributed by atoms with Crippen LogP contribution in [-0.4, -0.2) is 13.1 Å². The molecule has 0 bridgehead atoms. The Morgan fingerprint density at radius 1 is 0.938 bits per heavy atom. The summed E-state index contributed by atoms with van der Waals surface area (Å²) in [6.07, 6.45) is 0. The van der Waals surface area contributed by atoms with Gasteiger partial charge in [-0.2, -0.15) is 0 Å². The van der Waals surface area contributed by atoms with E-state index in [1.807, 2.05) is 0 Å². The van der Waals surface area contributed by atoms with E-state index in [1.54, 1.807) is 0 Å². The first-order valence-electron chi connectivity index (χ1n) is 5.69. The van der Waals surface area contributed by atoms with Crippen molar-refractivity contribution < 1.29 is 0 Å². The van der Waals surface area contributed by atoms with Crippen LogP contribution in [-0.2, 0) is 0 Å². The molecule has 0 atom stereocenters. The van der Waals surface area contributed by atoms with Crippen molar-refractivity contribution in [3.8, 4) is 0 Å². The van der Waals surface area contributed by atoms with Gasteiger partial charge in [0.05, 0.1) is 0 Å². The molecule has 2 heteroatoms. The molecule has 0 aromatic heterocycles. The molecule has 0 heterocycles. The van der Waals surface area contributed by atoms with Gasteiger partial charge in [-0.1, -0.05) is 28.1 Å². The smallest absolute Gasteiger partial charge is 0.0372 e. The molecule has 0 aliphatic heterocycles. The normalized spacial score (nSPS) is 10.7. The van der Waals surface area contributed by atoms with Crippen molar-refractivity contribution in [2.75, 3.05) is 18.0 Å².